The van der Waals surface area contributed by atoms with Crippen LogP contribution < -0.4 is 0 Å². The smallest absolute Gasteiger partial charge is 0.0518 e. The molecule has 84 valence electrons. The summed E-state index contributed by atoms with van der Waals surface area (Å²) in [6.45, 7) is 2.95. The summed E-state index contributed by atoms with van der Waals surface area (Å²) in [5, 5.41) is 4.31. The lowest BCUT2D eigenvalue weighted by Gasteiger charge is -2.14. The van der Waals surface area contributed by atoms with Crippen LogP contribution in [0, 0.1) is 6.92 Å². The molecule has 1 atom stereocenters. The first-order valence-electron chi connectivity index (χ1n) is 5.44. The highest BCUT2D eigenvalue weighted by Crippen LogP contribution is 2.18. The van der Waals surface area contributed by atoms with Crippen LogP contribution in [0.5, 0.6) is 0 Å². The van der Waals surface area contributed by atoms with Gasteiger partial charge in [0, 0.05) is 18.7 Å². The largest absolute Gasteiger partial charge is 0.272 e. The molecule has 0 saturated heterocycles. The van der Waals surface area contributed by atoms with Gasteiger partial charge < -0.3 is 0 Å². The molecule has 1 aromatic carbocycles. The second-order valence-electron chi connectivity index (χ2n) is 4.03. The van der Waals surface area contributed by atoms with Crippen molar-refractivity contribution in [1.82, 2.24) is 9.78 Å². The number of aromatic nitrogens is 2. The van der Waals surface area contributed by atoms with E-state index in [2.05, 4.69) is 55.1 Å². The van der Waals surface area contributed by atoms with Gasteiger partial charge in [-0.3, -0.25) is 4.68 Å². The molecule has 0 amide bonds. The molecule has 1 unspecified atom stereocenters. The van der Waals surface area contributed by atoms with Crippen molar-refractivity contribution in [3.8, 4) is 0 Å². The number of aryl methyl sites for hydroxylation is 1. The molecule has 0 saturated carbocycles. The van der Waals surface area contributed by atoms with E-state index in [0.717, 1.165) is 12.3 Å². The van der Waals surface area contributed by atoms with Crippen LogP contribution >= 0.6 is 12.6 Å². The second kappa shape index (κ2) is 5.21. The lowest BCUT2D eigenvalue weighted by Crippen LogP contribution is -2.11. The molecular weight excluding hydrogens is 216 g/mol. The van der Waals surface area contributed by atoms with Crippen molar-refractivity contribution in [2.45, 2.75) is 19.4 Å². The van der Waals surface area contributed by atoms with E-state index in [4.69, 9.17) is 0 Å². The average molecular weight is 232 g/mol. The van der Waals surface area contributed by atoms with Gasteiger partial charge in [-0.2, -0.15) is 17.7 Å². The summed E-state index contributed by atoms with van der Waals surface area (Å²) in [6, 6.07) is 10.5. The number of rotatable bonds is 4. The van der Waals surface area contributed by atoms with E-state index in [1.165, 1.54) is 11.1 Å². The van der Waals surface area contributed by atoms with Crippen LogP contribution in [0.3, 0.4) is 0 Å². The number of hydrogen-bond acceptors (Lipinski definition) is 2. The standard InChI is InChI=1S/C13H16N2S/c1-11-7-14-15(8-11)9-13(10-16)12-5-3-2-4-6-12/h2-8,13,16H,9-10H2,1H3. The van der Waals surface area contributed by atoms with Crippen molar-refractivity contribution in [3.05, 3.63) is 53.9 Å². The van der Waals surface area contributed by atoms with E-state index in [0.29, 0.717) is 5.92 Å². The normalized spacial score (nSPS) is 12.6. The third-order valence-electron chi connectivity index (χ3n) is 2.66. The van der Waals surface area contributed by atoms with Crippen LogP contribution in [0.4, 0.5) is 0 Å². The van der Waals surface area contributed by atoms with Gasteiger partial charge in [0.25, 0.3) is 0 Å². The first-order valence-corrected chi connectivity index (χ1v) is 6.07. The van der Waals surface area contributed by atoms with Gasteiger partial charge in [0.15, 0.2) is 0 Å². The highest BCUT2D eigenvalue weighted by molar-refractivity contribution is 7.80. The lowest BCUT2D eigenvalue weighted by molar-refractivity contribution is 0.548. The predicted molar refractivity (Wildman–Crippen MR) is 70.0 cm³/mol. The maximum Gasteiger partial charge on any atom is 0.0518 e. The molecule has 0 N–H and O–H groups in total. The minimum atomic E-state index is 0.420. The first kappa shape index (κ1) is 11.3. The van der Waals surface area contributed by atoms with Crippen LogP contribution in [0.2, 0.25) is 0 Å². The Bertz CT molecular complexity index is 436. The fraction of sp³-hybridized carbons (Fsp3) is 0.308. The van der Waals surface area contributed by atoms with E-state index in [-0.39, 0.29) is 0 Å². The average Bonchev–Trinajstić information content (AvgIpc) is 2.73. The fourth-order valence-electron chi connectivity index (χ4n) is 1.79. The van der Waals surface area contributed by atoms with Gasteiger partial charge >= 0.3 is 0 Å². The monoisotopic (exact) mass is 232 g/mol. The number of benzene rings is 1. The van der Waals surface area contributed by atoms with Crippen molar-refractivity contribution < 1.29 is 0 Å². The number of nitrogens with zero attached hydrogens (tertiary/aromatic N) is 2. The summed E-state index contributed by atoms with van der Waals surface area (Å²) >= 11 is 4.42. The Balaban J connectivity index is 2.12. The molecule has 0 aliphatic heterocycles. The van der Waals surface area contributed by atoms with Crippen molar-refractivity contribution in [2.24, 2.45) is 0 Å². The highest BCUT2D eigenvalue weighted by Gasteiger charge is 2.10. The van der Waals surface area contributed by atoms with Crippen molar-refractivity contribution in [3.63, 3.8) is 0 Å². The molecule has 0 aliphatic carbocycles. The van der Waals surface area contributed by atoms with E-state index < -0.39 is 0 Å². The molecule has 3 heteroatoms. The Morgan fingerprint density at radius 3 is 2.62 bits per heavy atom. The third-order valence-corrected chi connectivity index (χ3v) is 3.10. The number of thiol groups is 1. The molecule has 2 nitrogen and oxygen atoms in total. The summed E-state index contributed by atoms with van der Waals surface area (Å²) in [5.41, 5.74) is 2.52. The molecule has 0 spiro atoms. The topological polar surface area (TPSA) is 17.8 Å². The molecule has 1 heterocycles. The van der Waals surface area contributed by atoms with Gasteiger partial charge in [0.2, 0.25) is 0 Å². The quantitative estimate of drug-likeness (QED) is 0.802. The van der Waals surface area contributed by atoms with E-state index >= 15 is 0 Å². The van der Waals surface area contributed by atoms with Crippen molar-refractivity contribution in [1.29, 1.82) is 0 Å². The van der Waals surface area contributed by atoms with Gasteiger partial charge in [-0.15, -0.1) is 0 Å². The maximum absolute atomic E-state index is 4.42. The summed E-state index contributed by atoms with van der Waals surface area (Å²) in [6.07, 6.45) is 3.96. The van der Waals surface area contributed by atoms with Crippen LogP contribution in [-0.2, 0) is 6.54 Å². The number of hydrogen-bond donors (Lipinski definition) is 1. The van der Waals surface area contributed by atoms with Crippen molar-refractivity contribution >= 4 is 12.6 Å². The van der Waals surface area contributed by atoms with Crippen LogP contribution in [0.1, 0.15) is 17.0 Å². The highest BCUT2D eigenvalue weighted by atomic mass is 32.1. The molecule has 2 rings (SSSR count). The molecule has 0 fully saturated rings. The third kappa shape index (κ3) is 2.67. The summed E-state index contributed by atoms with van der Waals surface area (Å²) < 4.78 is 1.99. The Hall–Kier alpha value is -1.22. The summed E-state index contributed by atoms with van der Waals surface area (Å²) in [7, 11) is 0. The molecular formula is C13H16N2S. The Labute approximate surface area is 102 Å². The van der Waals surface area contributed by atoms with Gasteiger partial charge in [-0.1, -0.05) is 30.3 Å². The second-order valence-corrected chi connectivity index (χ2v) is 4.40. The maximum atomic E-state index is 4.42. The lowest BCUT2D eigenvalue weighted by atomic mass is 10.0. The minimum absolute atomic E-state index is 0.420. The minimum Gasteiger partial charge on any atom is -0.272 e. The molecule has 0 aliphatic rings. The van der Waals surface area contributed by atoms with Crippen LogP contribution in [0.25, 0.3) is 0 Å². The first-order chi connectivity index (χ1) is 7.79. The van der Waals surface area contributed by atoms with E-state index in [1.54, 1.807) is 0 Å². The van der Waals surface area contributed by atoms with Gasteiger partial charge in [-0.05, 0) is 23.8 Å². The Morgan fingerprint density at radius 2 is 2.06 bits per heavy atom. The van der Waals surface area contributed by atoms with Crippen LogP contribution in [0.15, 0.2) is 42.7 Å². The Kier molecular flexibility index (Phi) is 3.67. The zero-order valence-corrected chi connectivity index (χ0v) is 10.3. The SMILES string of the molecule is Cc1cnn(CC(CS)c2ccccc2)c1. The van der Waals surface area contributed by atoms with E-state index in [9.17, 15) is 0 Å². The van der Waals surface area contributed by atoms with E-state index in [1.807, 2.05) is 16.9 Å². The fourth-order valence-corrected chi connectivity index (χ4v) is 2.11. The van der Waals surface area contributed by atoms with Crippen LogP contribution in [-0.4, -0.2) is 15.5 Å². The van der Waals surface area contributed by atoms with Crippen molar-refractivity contribution in [2.75, 3.05) is 5.75 Å². The molecule has 16 heavy (non-hydrogen) atoms. The molecule has 1 aromatic heterocycles. The molecule has 0 radical (unpaired) electrons. The zero-order valence-electron chi connectivity index (χ0n) is 9.37. The Morgan fingerprint density at radius 1 is 1.31 bits per heavy atom. The van der Waals surface area contributed by atoms with Gasteiger partial charge in [-0.25, -0.2) is 0 Å². The molecule has 2 aromatic rings. The van der Waals surface area contributed by atoms with Gasteiger partial charge in [0.1, 0.15) is 0 Å². The summed E-state index contributed by atoms with van der Waals surface area (Å²) in [5.74, 6) is 1.26. The summed E-state index contributed by atoms with van der Waals surface area (Å²) in [4.78, 5) is 0. The molecule has 0 bridgehead atoms. The zero-order chi connectivity index (χ0) is 11.4. The van der Waals surface area contributed by atoms with Gasteiger partial charge in [0.05, 0.1) is 6.20 Å². The predicted octanol–water partition coefficient (Wildman–Crippen LogP) is 2.91.